The summed E-state index contributed by atoms with van der Waals surface area (Å²) in [6, 6.07) is 9.88. The van der Waals surface area contributed by atoms with Gasteiger partial charge in [-0.15, -0.1) is 0 Å². The summed E-state index contributed by atoms with van der Waals surface area (Å²) < 4.78 is 7.32. The van der Waals surface area contributed by atoms with E-state index < -0.39 is 5.60 Å². The van der Waals surface area contributed by atoms with Gasteiger partial charge < -0.3 is 19.1 Å². The van der Waals surface area contributed by atoms with E-state index in [4.69, 9.17) is 4.74 Å². The zero-order valence-electron chi connectivity index (χ0n) is 15.3. The van der Waals surface area contributed by atoms with E-state index in [1.807, 2.05) is 62.7 Å². The van der Waals surface area contributed by atoms with Crippen molar-refractivity contribution in [2.24, 2.45) is 7.05 Å². The number of fused-ring (bicyclic) bond motifs is 1. The molecule has 134 valence electrons. The minimum absolute atomic E-state index is 0.00235. The minimum atomic E-state index is -0.507. The fourth-order valence-corrected chi connectivity index (χ4v) is 3.07. The fourth-order valence-electron chi connectivity index (χ4n) is 3.07. The molecule has 1 aromatic carbocycles. The first kappa shape index (κ1) is 17.3. The van der Waals surface area contributed by atoms with Crippen molar-refractivity contribution in [3.8, 4) is 0 Å². The van der Waals surface area contributed by atoms with Crippen LogP contribution in [0.1, 0.15) is 31.3 Å². The number of ether oxygens (including phenoxy) is 1. The van der Waals surface area contributed by atoms with Crippen molar-refractivity contribution in [1.29, 1.82) is 0 Å². The number of aromatic nitrogens is 1. The Morgan fingerprint density at radius 3 is 2.20 bits per heavy atom. The Balaban J connectivity index is 1.67. The first-order chi connectivity index (χ1) is 11.8. The van der Waals surface area contributed by atoms with Crippen LogP contribution in [0.3, 0.4) is 0 Å². The molecular weight excluding hydrogens is 318 g/mol. The third kappa shape index (κ3) is 3.62. The van der Waals surface area contributed by atoms with Gasteiger partial charge >= 0.3 is 6.09 Å². The van der Waals surface area contributed by atoms with Gasteiger partial charge in [0.1, 0.15) is 11.3 Å². The number of aryl methyl sites for hydroxylation is 1. The lowest BCUT2D eigenvalue weighted by Gasteiger charge is -2.35. The number of hydrogen-bond donors (Lipinski definition) is 0. The maximum atomic E-state index is 12.9. The number of nitrogens with zero attached hydrogens (tertiary/aromatic N) is 3. The fraction of sp³-hybridized carbons (Fsp3) is 0.474. The van der Waals surface area contributed by atoms with Crippen LogP contribution in [0.5, 0.6) is 0 Å². The average Bonchev–Trinajstić information content (AvgIpc) is 2.90. The Bertz CT molecular complexity index is 796. The van der Waals surface area contributed by atoms with Crippen molar-refractivity contribution in [1.82, 2.24) is 14.4 Å². The third-order valence-corrected chi connectivity index (χ3v) is 4.39. The van der Waals surface area contributed by atoms with Gasteiger partial charge in [-0.3, -0.25) is 4.79 Å². The molecule has 1 fully saturated rings. The highest BCUT2D eigenvalue weighted by Crippen LogP contribution is 2.20. The van der Waals surface area contributed by atoms with Crippen LogP contribution in [0.2, 0.25) is 0 Å². The van der Waals surface area contributed by atoms with E-state index in [1.165, 1.54) is 0 Å². The molecule has 1 aromatic heterocycles. The van der Waals surface area contributed by atoms with Crippen LogP contribution in [-0.4, -0.2) is 58.1 Å². The molecule has 6 nitrogen and oxygen atoms in total. The maximum absolute atomic E-state index is 12.9. The smallest absolute Gasteiger partial charge is 0.410 e. The minimum Gasteiger partial charge on any atom is -0.444 e. The molecule has 25 heavy (non-hydrogen) atoms. The molecule has 0 N–H and O–H groups in total. The number of amides is 2. The summed E-state index contributed by atoms with van der Waals surface area (Å²) in [5.41, 5.74) is 1.21. The molecule has 2 aromatic rings. The van der Waals surface area contributed by atoms with Gasteiger partial charge in [-0.05, 0) is 32.9 Å². The first-order valence-corrected chi connectivity index (χ1v) is 8.58. The Labute approximate surface area is 147 Å². The highest BCUT2D eigenvalue weighted by Gasteiger charge is 2.29. The molecule has 6 heteroatoms. The average molecular weight is 343 g/mol. The van der Waals surface area contributed by atoms with Gasteiger partial charge in [0.05, 0.1) is 0 Å². The molecule has 0 spiro atoms. The molecule has 0 saturated carbocycles. The van der Waals surface area contributed by atoms with Crippen molar-refractivity contribution in [3.63, 3.8) is 0 Å². The molecule has 3 rings (SSSR count). The third-order valence-electron chi connectivity index (χ3n) is 4.39. The Kier molecular flexibility index (Phi) is 4.45. The number of hydrogen-bond acceptors (Lipinski definition) is 3. The zero-order chi connectivity index (χ0) is 18.2. The van der Waals surface area contributed by atoms with Gasteiger partial charge in [0.2, 0.25) is 0 Å². The quantitative estimate of drug-likeness (QED) is 0.800. The van der Waals surface area contributed by atoms with E-state index in [0.717, 1.165) is 10.9 Å². The monoisotopic (exact) mass is 343 g/mol. The standard InChI is InChI=1S/C19H25N3O3/c1-19(2,3)25-18(24)22-11-9-21(10-12-22)17(23)16-13-14-7-5-6-8-15(14)20(16)4/h5-8,13H,9-12H2,1-4H3. The lowest BCUT2D eigenvalue weighted by molar-refractivity contribution is 0.0139. The van der Waals surface area contributed by atoms with Gasteiger partial charge in [-0.25, -0.2) is 4.79 Å². The summed E-state index contributed by atoms with van der Waals surface area (Å²) in [7, 11) is 1.91. The van der Waals surface area contributed by atoms with E-state index >= 15 is 0 Å². The predicted molar refractivity (Wildman–Crippen MR) is 96.6 cm³/mol. The molecule has 0 radical (unpaired) electrons. The number of para-hydroxylation sites is 1. The Morgan fingerprint density at radius 1 is 1.00 bits per heavy atom. The molecule has 1 aliphatic rings. The van der Waals surface area contributed by atoms with Crippen molar-refractivity contribution >= 4 is 22.9 Å². The van der Waals surface area contributed by atoms with Crippen LogP contribution in [0.4, 0.5) is 4.79 Å². The molecule has 1 aliphatic heterocycles. The second-order valence-electron chi connectivity index (χ2n) is 7.41. The molecule has 0 aliphatic carbocycles. The van der Waals surface area contributed by atoms with Gasteiger partial charge in [0.25, 0.3) is 5.91 Å². The number of piperazine rings is 1. The predicted octanol–water partition coefficient (Wildman–Crippen LogP) is 2.87. The van der Waals surface area contributed by atoms with Crippen LogP contribution >= 0.6 is 0 Å². The number of carbonyl (C=O) groups is 2. The molecule has 1 saturated heterocycles. The zero-order valence-corrected chi connectivity index (χ0v) is 15.3. The number of benzene rings is 1. The summed E-state index contributed by atoms with van der Waals surface area (Å²) in [5.74, 6) is 0.00235. The number of carbonyl (C=O) groups excluding carboxylic acids is 2. The van der Waals surface area contributed by atoms with Gasteiger partial charge in [0.15, 0.2) is 0 Å². The normalized spacial score (nSPS) is 15.5. The lowest BCUT2D eigenvalue weighted by Crippen LogP contribution is -2.51. The molecule has 0 bridgehead atoms. The largest absolute Gasteiger partial charge is 0.444 e. The molecule has 0 atom stereocenters. The number of rotatable bonds is 1. The van der Waals surface area contributed by atoms with Gasteiger partial charge in [-0.2, -0.15) is 0 Å². The van der Waals surface area contributed by atoms with E-state index in [2.05, 4.69) is 0 Å². The molecular formula is C19H25N3O3. The maximum Gasteiger partial charge on any atom is 0.410 e. The SMILES string of the molecule is Cn1c(C(=O)N2CCN(C(=O)OC(C)(C)C)CC2)cc2ccccc21. The first-order valence-electron chi connectivity index (χ1n) is 8.58. The van der Waals surface area contributed by atoms with E-state index in [-0.39, 0.29) is 12.0 Å². The van der Waals surface area contributed by atoms with E-state index in [9.17, 15) is 9.59 Å². The lowest BCUT2D eigenvalue weighted by atomic mass is 10.2. The van der Waals surface area contributed by atoms with Crippen molar-refractivity contribution in [2.75, 3.05) is 26.2 Å². The van der Waals surface area contributed by atoms with Crippen molar-refractivity contribution in [2.45, 2.75) is 26.4 Å². The Morgan fingerprint density at radius 2 is 1.60 bits per heavy atom. The summed E-state index contributed by atoms with van der Waals surface area (Å²) in [6.07, 6.45) is -0.316. The summed E-state index contributed by atoms with van der Waals surface area (Å²) >= 11 is 0. The van der Waals surface area contributed by atoms with Crippen molar-refractivity contribution in [3.05, 3.63) is 36.0 Å². The Hall–Kier alpha value is -2.50. The van der Waals surface area contributed by atoms with Gasteiger partial charge in [0, 0.05) is 44.1 Å². The topological polar surface area (TPSA) is 54.8 Å². The van der Waals surface area contributed by atoms with E-state index in [1.54, 1.807) is 9.80 Å². The molecule has 2 heterocycles. The summed E-state index contributed by atoms with van der Waals surface area (Å²) in [5, 5.41) is 1.06. The van der Waals surface area contributed by atoms with Crippen LogP contribution in [0.15, 0.2) is 30.3 Å². The van der Waals surface area contributed by atoms with Crippen LogP contribution in [-0.2, 0) is 11.8 Å². The van der Waals surface area contributed by atoms with E-state index in [0.29, 0.717) is 31.9 Å². The van der Waals surface area contributed by atoms with Crippen LogP contribution in [0, 0.1) is 0 Å². The summed E-state index contributed by atoms with van der Waals surface area (Å²) in [6.45, 7) is 7.56. The van der Waals surface area contributed by atoms with Gasteiger partial charge in [-0.1, -0.05) is 18.2 Å². The van der Waals surface area contributed by atoms with Crippen LogP contribution in [0.25, 0.3) is 10.9 Å². The second kappa shape index (κ2) is 6.43. The molecule has 2 amide bonds. The van der Waals surface area contributed by atoms with Crippen molar-refractivity contribution < 1.29 is 14.3 Å². The summed E-state index contributed by atoms with van der Waals surface area (Å²) in [4.78, 5) is 28.5. The molecule has 0 unspecified atom stereocenters. The highest BCUT2D eigenvalue weighted by atomic mass is 16.6. The van der Waals surface area contributed by atoms with Crippen LogP contribution < -0.4 is 0 Å². The second-order valence-corrected chi connectivity index (χ2v) is 7.41. The highest BCUT2D eigenvalue weighted by molar-refractivity contribution is 5.98.